The molecule has 6 heteroatoms. The predicted molar refractivity (Wildman–Crippen MR) is 74.7 cm³/mol. The normalized spacial score (nSPS) is 13.3. The number of nitrogens with one attached hydrogen (secondary N) is 1. The van der Waals surface area contributed by atoms with Crippen molar-refractivity contribution in [2.24, 2.45) is 5.73 Å². The first-order valence-electron chi connectivity index (χ1n) is 6.73. The van der Waals surface area contributed by atoms with Crippen molar-refractivity contribution in [1.82, 2.24) is 20.1 Å². The molecule has 2 aromatic rings. The highest BCUT2D eigenvalue weighted by Gasteiger charge is 2.18. The molecule has 0 aliphatic heterocycles. The second-order valence-electron chi connectivity index (χ2n) is 4.86. The molecule has 1 aliphatic rings. The van der Waals surface area contributed by atoms with E-state index in [2.05, 4.69) is 21.5 Å². The number of hydrogen-bond donors (Lipinski definition) is 2. The minimum Gasteiger partial charge on any atom is -0.354 e. The second kappa shape index (κ2) is 5.05. The molecule has 0 atom stereocenters. The average Bonchev–Trinajstić information content (AvgIpc) is 3.13. The van der Waals surface area contributed by atoms with Crippen LogP contribution in [0.5, 0.6) is 0 Å². The molecule has 0 fully saturated rings. The molecule has 0 spiro atoms. The van der Waals surface area contributed by atoms with E-state index in [1.165, 1.54) is 5.56 Å². The van der Waals surface area contributed by atoms with Crippen LogP contribution in [0.1, 0.15) is 33.7 Å². The fourth-order valence-electron chi connectivity index (χ4n) is 2.55. The van der Waals surface area contributed by atoms with Crippen LogP contribution in [-0.4, -0.2) is 27.7 Å². The monoisotopic (exact) mass is 271 g/mol. The van der Waals surface area contributed by atoms with E-state index < -0.39 is 0 Å². The Hall–Kier alpha value is -2.21. The number of amides is 1. The Morgan fingerprint density at radius 2 is 2.35 bits per heavy atom. The lowest BCUT2D eigenvalue weighted by molar-refractivity contribution is 0.0957. The molecule has 0 aromatic carbocycles. The van der Waals surface area contributed by atoms with Gasteiger partial charge in [-0.1, -0.05) is 0 Å². The number of nitrogens with zero attached hydrogens (tertiary/aromatic N) is 3. The number of nitrogens with two attached hydrogens (primary N) is 1. The van der Waals surface area contributed by atoms with E-state index in [0.717, 1.165) is 36.3 Å². The fourth-order valence-corrected chi connectivity index (χ4v) is 2.55. The third kappa shape index (κ3) is 2.08. The van der Waals surface area contributed by atoms with Crippen molar-refractivity contribution >= 4 is 5.91 Å². The maximum absolute atomic E-state index is 11.6. The van der Waals surface area contributed by atoms with E-state index in [0.29, 0.717) is 12.2 Å². The summed E-state index contributed by atoms with van der Waals surface area (Å²) in [4.78, 5) is 16.2. The van der Waals surface area contributed by atoms with Crippen LogP contribution in [0.15, 0.2) is 18.3 Å². The molecule has 0 saturated heterocycles. The number of aromatic nitrogens is 3. The fraction of sp³-hybridized carbons (Fsp3) is 0.357. The maximum Gasteiger partial charge on any atom is 0.271 e. The number of carbonyl (C=O) groups excluding carboxylic acids is 1. The van der Waals surface area contributed by atoms with Crippen LogP contribution in [0.25, 0.3) is 5.82 Å². The summed E-state index contributed by atoms with van der Waals surface area (Å²) in [5.41, 5.74) is 9.55. The lowest BCUT2D eigenvalue weighted by atomic mass is 10.1. The molecule has 20 heavy (non-hydrogen) atoms. The van der Waals surface area contributed by atoms with Crippen molar-refractivity contribution in [2.45, 2.75) is 25.8 Å². The van der Waals surface area contributed by atoms with Crippen molar-refractivity contribution in [3.63, 3.8) is 0 Å². The number of fused-ring (bicyclic) bond motifs is 1. The van der Waals surface area contributed by atoms with Crippen LogP contribution in [0.4, 0.5) is 0 Å². The van der Waals surface area contributed by atoms with Gasteiger partial charge < -0.3 is 11.1 Å². The Kier molecular flexibility index (Phi) is 3.23. The Balaban J connectivity index is 2.05. The third-order valence-electron chi connectivity index (χ3n) is 3.59. The van der Waals surface area contributed by atoms with Crippen LogP contribution in [0.2, 0.25) is 0 Å². The van der Waals surface area contributed by atoms with Crippen LogP contribution < -0.4 is 11.1 Å². The number of hydrogen-bond acceptors (Lipinski definition) is 4. The Bertz CT molecular complexity index is 662. The number of aryl methyl sites for hydroxylation is 2. The summed E-state index contributed by atoms with van der Waals surface area (Å²) in [6, 6.07) is 3.79. The van der Waals surface area contributed by atoms with Gasteiger partial charge in [-0.05, 0) is 37.0 Å². The van der Waals surface area contributed by atoms with Gasteiger partial charge in [-0.2, -0.15) is 5.10 Å². The summed E-state index contributed by atoms with van der Waals surface area (Å²) < 4.78 is 1.63. The smallest absolute Gasteiger partial charge is 0.271 e. The molecule has 0 unspecified atom stereocenters. The van der Waals surface area contributed by atoms with Gasteiger partial charge in [0.1, 0.15) is 0 Å². The van der Waals surface area contributed by atoms with Gasteiger partial charge in [0.15, 0.2) is 11.5 Å². The first-order valence-corrected chi connectivity index (χ1v) is 6.73. The summed E-state index contributed by atoms with van der Waals surface area (Å²) in [7, 11) is 1.58. The molecule has 104 valence electrons. The Morgan fingerprint density at radius 3 is 3.10 bits per heavy atom. The third-order valence-corrected chi connectivity index (χ3v) is 3.59. The summed E-state index contributed by atoms with van der Waals surface area (Å²) in [5, 5.41) is 6.83. The standard InChI is InChI=1S/C14H17N5O/c1-16-14(20)12-5-6-19(18-12)13-10(8-15)7-9-3-2-4-11(9)17-13/h5-7H,2-4,8,15H2,1H3,(H,16,20). The molecule has 0 saturated carbocycles. The van der Waals surface area contributed by atoms with Gasteiger partial charge in [0.25, 0.3) is 5.91 Å². The van der Waals surface area contributed by atoms with Crippen molar-refractivity contribution in [3.8, 4) is 5.82 Å². The van der Waals surface area contributed by atoms with E-state index in [1.54, 1.807) is 24.0 Å². The van der Waals surface area contributed by atoms with E-state index in [-0.39, 0.29) is 5.91 Å². The molecule has 3 N–H and O–H groups in total. The molecular weight excluding hydrogens is 254 g/mol. The zero-order valence-electron chi connectivity index (χ0n) is 11.4. The molecule has 2 heterocycles. The van der Waals surface area contributed by atoms with E-state index >= 15 is 0 Å². The van der Waals surface area contributed by atoms with Crippen LogP contribution in [0.3, 0.4) is 0 Å². The zero-order valence-corrected chi connectivity index (χ0v) is 11.4. The van der Waals surface area contributed by atoms with Gasteiger partial charge in [-0.25, -0.2) is 9.67 Å². The highest BCUT2D eigenvalue weighted by molar-refractivity contribution is 5.91. The number of pyridine rings is 1. The first-order chi connectivity index (χ1) is 9.72. The van der Waals surface area contributed by atoms with Gasteiger partial charge >= 0.3 is 0 Å². The lowest BCUT2D eigenvalue weighted by Crippen LogP contribution is -2.19. The minimum atomic E-state index is -0.209. The highest BCUT2D eigenvalue weighted by Crippen LogP contribution is 2.24. The number of rotatable bonds is 3. The molecule has 1 amide bonds. The minimum absolute atomic E-state index is 0.209. The van der Waals surface area contributed by atoms with Crippen molar-refractivity contribution in [3.05, 3.63) is 40.8 Å². The Morgan fingerprint density at radius 1 is 1.50 bits per heavy atom. The van der Waals surface area contributed by atoms with Crippen LogP contribution >= 0.6 is 0 Å². The second-order valence-corrected chi connectivity index (χ2v) is 4.86. The van der Waals surface area contributed by atoms with Gasteiger partial charge in [0.2, 0.25) is 0 Å². The van der Waals surface area contributed by atoms with Gasteiger partial charge in [0, 0.05) is 31.0 Å². The molecule has 1 aliphatic carbocycles. The quantitative estimate of drug-likeness (QED) is 0.854. The van der Waals surface area contributed by atoms with Gasteiger partial charge in [-0.3, -0.25) is 4.79 Å². The molecular formula is C14H17N5O. The first kappa shape index (κ1) is 12.8. The van der Waals surface area contributed by atoms with Crippen molar-refractivity contribution in [1.29, 1.82) is 0 Å². The highest BCUT2D eigenvalue weighted by atomic mass is 16.1. The predicted octanol–water partition coefficient (Wildman–Crippen LogP) is 0.574. The topological polar surface area (TPSA) is 85.8 Å². The van der Waals surface area contributed by atoms with Crippen molar-refractivity contribution in [2.75, 3.05) is 7.05 Å². The summed E-state index contributed by atoms with van der Waals surface area (Å²) in [6.45, 7) is 0.408. The molecule has 0 radical (unpaired) electrons. The SMILES string of the molecule is CNC(=O)c1ccn(-c2nc3c(cc2CN)CCC3)n1. The number of carbonyl (C=O) groups is 1. The molecule has 3 rings (SSSR count). The van der Waals surface area contributed by atoms with Gasteiger partial charge in [0.05, 0.1) is 0 Å². The molecule has 0 bridgehead atoms. The van der Waals surface area contributed by atoms with E-state index in [4.69, 9.17) is 5.73 Å². The molecule has 6 nitrogen and oxygen atoms in total. The van der Waals surface area contributed by atoms with E-state index in [9.17, 15) is 4.79 Å². The average molecular weight is 271 g/mol. The summed E-state index contributed by atoms with van der Waals surface area (Å²) in [5.74, 6) is 0.516. The largest absolute Gasteiger partial charge is 0.354 e. The molecule has 2 aromatic heterocycles. The van der Waals surface area contributed by atoms with Crippen molar-refractivity contribution < 1.29 is 4.79 Å². The summed E-state index contributed by atoms with van der Waals surface area (Å²) in [6.07, 6.45) is 4.95. The zero-order chi connectivity index (χ0) is 14.1. The van der Waals surface area contributed by atoms with Crippen LogP contribution in [-0.2, 0) is 19.4 Å². The maximum atomic E-state index is 11.6. The Labute approximate surface area is 117 Å². The van der Waals surface area contributed by atoms with E-state index in [1.807, 2.05) is 0 Å². The summed E-state index contributed by atoms with van der Waals surface area (Å²) >= 11 is 0. The van der Waals surface area contributed by atoms with Crippen LogP contribution in [0, 0.1) is 0 Å². The lowest BCUT2D eigenvalue weighted by Gasteiger charge is -2.10. The van der Waals surface area contributed by atoms with Gasteiger partial charge in [-0.15, -0.1) is 0 Å².